The normalized spacial score (nSPS) is 13.1. The Morgan fingerprint density at radius 1 is 0.253 bits per heavy atom. The van der Waals surface area contributed by atoms with Gasteiger partial charge in [0.1, 0.15) is 13.2 Å². The molecule has 0 aromatic carbocycles. The van der Waals surface area contributed by atoms with Crippen molar-refractivity contribution in [2.75, 3.05) is 13.2 Å². The molecule has 6 heteroatoms. The van der Waals surface area contributed by atoms with E-state index >= 15 is 0 Å². The Hall–Kier alpha value is -4.97. The Balaban J connectivity index is 4.39. The number of esters is 3. The van der Waals surface area contributed by atoms with Crippen molar-refractivity contribution in [2.45, 2.75) is 297 Å². The molecule has 1 atom stereocenters. The second kappa shape index (κ2) is 69.5. The number of ether oxygens (including phenoxy) is 3. The summed E-state index contributed by atoms with van der Waals surface area (Å²) in [4.78, 5) is 38.4. The quantitative estimate of drug-likeness (QED) is 0.0261. The molecule has 468 valence electrons. The smallest absolute Gasteiger partial charge is 0.306 e. The maximum atomic E-state index is 12.9. The van der Waals surface area contributed by atoms with Crippen molar-refractivity contribution < 1.29 is 28.6 Å². The molecule has 0 aliphatic rings. The molecule has 0 aromatic heterocycles. The minimum Gasteiger partial charge on any atom is -0.462 e. The van der Waals surface area contributed by atoms with Crippen molar-refractivity contribution in [2.24, 2.45) is 0 Å². The highest BCUT2D eigenvalue weighted by Crippen LogP contribution is 2.16. The van der Waals surface area contributed by atoms with Crippen molar-refractivity contribution in [1.82, 2.24) is 0 Å². The van der Waals surface area contributed by atoms with Crippen LogP contribution in [-0.2, 0) is 28.6 Å². The molecule has 6 nitrogen and oxygen atoms in total. The lowest BCUT2D eigenvalue weighted by atomic mass is 10.0. The lowest BCUT2D eigenvalue weighted by Gasteiger charge is -2.18. The van der Waals surface area contributed by atoms with Gasteiger partial charge in [-0.2, -0.15) is 0 Å². The van der Waals surface area contributed by atoms with Gasteiger partial charge in [-0.15, -0.1) is 0 Å². The minimum absolute atomic E-state index is 0.0974. The molecule has 83 heavy (non-hydrogen) atoms. The van der Waals surface area contributed by atoms with Crippen LogP contribution in [0.3, 0.4) is 0 Å². The molecule has 0 saturated heterocycles. The molecule has 1 unspecified atom stereocenters. The maximum absolute atomic E-state index is 12.9. The van der Waals surface area contributed by atoms with Crippen LogP contribution >= 0.6 is 0 Å². The van der Waals surface area contributed by atoms with E-state index in [4.69, 9.17) is 14.2 Å². The van der Waals surface area contributed by atoms with Gasteiger partial charge in [0.25, 0.3) is 0 Å². The van der Waals surface area contributed by atoms with Gasteiger partial charge < -0.3 is 14.2 Å². The lowest BCUT2D eigenvalue weighted by Crippen LogP contribution is -2.30. The highest BCUT2D eigenvalue weighted by atomic mass is 16.6. The molecular weight excluding hydrogens is 1020 g/mol. The van der Waals surface area contributed by atoms with Crippen molar-refractivity contribution in [1.29, 1.82) is 0 Å². The highest BCUT2D eigenvalue weighted by Gasteiger charge is 2.19. The third-order valence-electron chi connectivity index (χ3n) is 14.0. The zero-order valence-corrected chi connectivity index (χ0v) is 53.7. The topological polar surface area (TPSA) is 78.9 Å². The second-order valence-corrected chi connectivity index (χ2v) is 22.0. The van der Waals surface area contributed by atoms with E-state index in [-0.39, 0.29) is 31.1 Å². The Kier molecular flexibility index (Phi) is 65.4. The Labute approximate surface area is 511 Å². The summed E-state index contributed by atoms with van der Waals surface area (Å²) in [6, 6.07) is 0. The summed E-state index contributed by atoms with van der Waals surface area (Å²) in [7, 11) is 0. The standard InChI is InChI=1S/C77H124O6/c1-4-7-10-13-16-19-22-25-28-30-31-32-33-34-35-36-37-38-39-40-41-42-43-44-45-47-49-52-55-58-61-64-67-70-76(79)82-73-74(72-81-75(78)69-66-63-60-57-54-51-48-27-24-21-18-15-12-9-6-3)83-77(80)71-68-65-62-59-56-53-50-46-29-26-23-20-17-14-11-8-5-2/h7-8,10-11,16-17,19-20,25-26,28-29,31-32,34-35,37-38,40-41,43-44,47,49-50,53,74H,4-6,9,12-15,18,21-24,27,30,33,36,39,42,45-46,48,51-52,54-73H2,1-3H3/b10-7-,11-8-,19-16-,20-17-,28-25-,29-26-,32-31-,35-34-,38-37-,41-40-,44-43-,49-47-,53-50-. The number of hydrogen-bond acceptors (Lipinski definition) is 6. The van der Waals surface area contributed by atoms with Gasteiger partial charge in [-0.25, -0.2) is 0 Å². The summed E-state index contributed by atoms with van der Waals surface area (Å²) in [5.74, 6) is -0.939. The van der Waals surface area contributed by atoms with Gasteiger partial charge in [0.2, 0.25) is 0 Å². The SMILES string of the molecule is CC/C=C\C/C=C\C/C=C\C/C=C\C/C=C\C/C=C\C/C=C\C/C=C\C/C=C\CCCCCCCC(=O)OCC(COC(=O)CCCCCCCCCCCCCCCCC)OC(=O)CCCCCC/C=C\C/C=C\C/C=C\C/C=C\CC. The van der Waals surface area contributed by atoms with Gasteiger partial charge in [-0.1, -0.05) is 301 Å². The number of unbranched alkanes of at least 4 members (excludes halogenated alkanes) is 23. The van der Waals surface area contributed by atoms with Gasteiger partial charge in [-0.3, -0.25) is 14.4 Å². The van der Waals surface area contributed by atoms with Gasteiger partial charge in [-0.05, 0) is 128 Å². The monoisotopic (exact) mass is 1140 g/mol. The number of allylic oxidation sites excluding steroid dienone is 26. The van der Waals surface area contributed by atoms with Gasteiger partial charge in [0, 0.05) is 19.3 Å². The highest BCUT2D eigenvalue weighted by molar-refractivity contribution is 5.71. The van der Waals surface area contributed by atoms with E-state index in [0.29, 0.717) is 19.3 Å². The lowest BCUT2D eigenvalue weighted by molar-refractivity contribution is -0.167. The van der Waals surface area contributed by atoms with Crippen molar-refractivity contribution in [3.8, 4) is 0 Å². The maximum Gasteiger partial charge on any atom is 0.306 e. The van der Waals surface area contributed by atoms with Crippen LogP contribution in [0.25, 0.3) is 0 Å². The van der Waals surface area contributed by atoms with Crippen molar-refractivity contribution >= 4 is 17.9 Å². The summed E-state index contributed by atoms with van der Waals surface area (Å²) in [5.41, 5.74) is 0. The third-order valence-corrected chi connectivity index (χ3v) is 14.0. The van der Waals surface area contributed by atoms with E-state index in [9.17, 15) is 14.4 Å². The van der Waals surface area contributed by atoms with E-state index in [2.05, 4.69) is 179 Å². The first kappa shape index (κ1) is 78.0. The fourth-order valence-electron chi connectivity index (χ4n) is 9.01. The fraction of sp³-hybridized carbons (Fsp3) is 0.623. The molecule has 0 spiro atoms. The van der Waals surface area contributed by atoms with E-state index < -0.39 is 6.10 Å². The first-order chi connectivity index (χ1) is 41.0. The van der Waals surface area contributed by atoms with Crippen molar-refractivity contribution in [3.63, 3.8) is 0 Å². The Bertz CT molecular complexity index is 1840. The first-order valence-corrected chi connectivity index (χ1v) is 34.0. The van der Waals surface area contributed by atoms with Gasteiger partial charge in [0.15, 0.2) is 6.10 Å². The predicted octanol–water partition coefficient (Wildman–Crippen LogP) is 23.7. The average Bonchev–Trinajstić information content (AvgIpc) is 3.49. The number of rotatable bonds is 60. The zero-order valence-electron chi connectivity index (χ0n) is 53.7. The Morgan fingerprint density at radius 3 is 0.735 bits per heavy atom. The van der Waals surface area contributed by atoms with Crippen LogP contribution in [0.2, 0.25) is 0 Å². The summed E-state index contributed by atoms with van der Waals surface area (Å²) in [5, 5.41) is 0. The average molecular weight is 1150 g/mol. The van der Waals surface area contributed by atoms with Crippen molar-refractivity contribution in [3.05, 3.63) is 158 Å². The van der Waals surface area contributed by atoms with Crippen LogP contribution in [0, 0.1) is 0 Å². The largest absolute Gasteiger partial charge is 0.462 e. The molecule has 0 fully saturated rings. The van der Waals surface area contributed by atoms with E-state index in [1.165, 1.54) is 77.0 Å². The summed E-state index contributed by atoms with van der Waals surface area (Å²) >= 11 is 0. The summed E-state index contributed by atoms with van der Waals surface area (Å²) < 4.78 is 16.9. The third kappa shape index (κ3) is 67.7. The molecule has 0 heterocycles. The van der Waals surface area contributed by atoms with Gasteiger partial charge in [0.05, 0.1) is 0 Å². The Morgan fingerprint density at radius 2 is 0.470 bits per heavy atom. The van der Waals surface area contributed by atoms with Crippen LogP contribution in [0.5, 0.6) is 0 Å². The molecule has 0 bridgehead atoms. The molecular formula is C77H124O6. The number of hydrogen-bond donors (Lipinski definition) is 0. The van der Waals surface area contributed by atoms with Gasteiger partial charge >= 0.3 is 17.9 Å². The summed E-state index contributed by atoms with van der Waals surface area (Å²) in [6.45, 7) is 6.39. The van der Waals surface area contributed by atoms with Crippen LogP contribution in [0.1, 0.15) is 290 Å². The molecule has 0 rings (SSSR count). The second-order valence-electron chi connectivity index (χ2n) is 22.0. The first-order valence-electron chi connectivity index (χ1n) is 34.0. The predicted molar refractivity (Wildman–Crippen MR) is 362 cm³/mol. The number of carbonyl (C=O) groups is 3. The molecule has 0 aliphatic carbocycles. The van der Waals surface area contributed by atoms with Crippen LogP contribution < -0.4 is 0 Å². The van der Waals surface area contributed by atoms with E-state index in [1.807, 2.05) is 0 Å². The molecule has 0 aliphatic heterocycles. The van der Waals surface area contributed by atoms with E-state index in [1.54, 1.807) is 0 Å². The van der Waals surface area contributed by atoms with Crippen LogP contribution in [0.4, 0.5) is 0 Å². The molecule has 0 saturated carbocycles. The van der Waals surface area contributed by atoms with Crippen LogP contribution in [-0.4, -0.2) is 37.2 Å². The molecule has 0 radical (unpaired) electrons. The molecule has 0 N–H and O–H groups in total. The molecule has 0 aromatic rings. The fourth-order valence-corrected chi connectivity index (χ4v) is 9.01. The van der Waals surface area contributed by atoms with Crippen LogP contribution in [0.15, 0.2) is 158 Å². The minimum atomic E-state index is -0.806. The number of carbonyl (C=O) groups excluding carboxylic acids is 3. The molecule has 0 amide bonds. The zero-order chi connectivity index (χ0) is 59.9. The van der Waals surface area contributed by atoms with E-state index in [0.717, 1.165) is 173 Å². The summed E-state index contributed by atoms with van der Waals surface area (Å²) in [6.07, 6.45) is 101.